The number of carbonyl (C=O) groups excluding carboxylic acids is 1. The molecule has 1 unspecified atom stereocenters. The maximum absolute atomic E-state index is 11.7. The Hall–Kier alpha value is -1.42. The summed E-state index contributed by atoms with van der Waals surface area (Å²) in [6, 6.07) is 3.34. The maximum Gasteiger partial charge on any atom is 0.339 e. The van der Waals surface area contributed by atoms with E-state index in [1.165, 1.54) is 12.8 Å². The lowest BCUT2D eigenvalue weighted by Gasteiger charge is -2.29. The van der Waals surface area contributed by atoms with Gasteiger partial charge in [0.25, 0.3) is 0 Å². The first kappa shape index (κ1) is 12.0. The van der Waals surface area contributed by atoms with Crippen LogP contribution in [-0.4, -0.2) is 35.7 Å². The maximum atomic E-state index is 11.7. The zero-order valence-electron chi connectivity index (χ0n) is 10.1. The van der Waals surface area contributed by atoms with Gasteiger partial charge in [0, 0.05) is 25.5 Å². The Kier molecular flexibility index (Phi) is 4.09. The smallest absolute Gasteiger partial charge is 0.339 e. The molecule has 1 saturated heterocycles. The molecule has 1 aromatic rings. The lowest BCUT2D eigenvalue weighted by Crippen LogP contribution is -2.36. The van der Waals surface area contributed by atoms with E-state index in [0.29, 0.717) is 18.2 Å². The second kappa shape index (κ2) is 5.77. The molecule has 1 aromatic heterocycles. The van der Waals surface area contributed by atoms with Crippen molar-refractivity contribution in [2.75, 3.05) is 19.8 Å². The number of likely N-dealkylation sites (tertiary alicyclic amines) is 1. The highest BCUT2D eigenvalue weighted by Crippen LogP contribution is 2.15. The highest BCUT2D eigenvalue weighted by Gasteiger charge is 2.17. The van der Waals surface area contributed by atoms with Gasteiger partial charge in [0.2, 0.25) is 0 Å². The quantitative estimate of drug-likeness (QED) is 0.749. The molecule has 0 aliphatic carbocycles. The molecule has 1 aliphatic rings. The van der Waals surface area contributed by atoms with Crippen LogP contribution in [0.15, 0.2) is 24.5 Å². The van der Waals surface area contributed by atoms with Gasteiger partial charge >= 0.3 is 5.97 Å². The van der Waals surface area contributed by atoms with E-state index in [0.717, 1.165) is 13.1 Å². The number of hydrogen-bond donors (Lipinski definition) is 0. The normalized spacial score (nSPS) is 21.1. The molecule has 4 nitrogen and oxygen atoms in total. The van der Waals surface area contributed by atoms with Gasteiger partial charge in [0.05, 0.1) is 5.56 Å². The highest BCUT2D eigenvalue weighted by molar-refractivity contribution is 5.89. The fourth-order valence-electron chi connectivity index (χ4n) is 2.13. The zero-order chi connectivity index (χ0) is 12.1. The summed E-state index contributed by atoms with van der Waals surface area (Å²) >= 11 is 0. The summed E-state index contributed by atoms with van der Waals surface area (Å²) in [6.07, 6.45) is 5.65. The van der Waals surface area contributed by atoms with E-state index in [2.05, 4.69) is 16.8 Å². The van der Waals surface area contributed by atoms with Crippen LogP contribution in [0.1, 0.15) is 30.1 Å². The van der Waals surface area contributed by atoms with Crippen molar-refractivity contribution in [3.05, 3.63) is 30.1 Å². The number of aromatic nitrogens is 1. The van der Waals surface area contributed by atoms with Gasteiger partial charge in [0.15, 0.2) is 0 Å². The Morgan fingerprint density at radius 1 is 1.53 bits per heavy atom. The Balaban J connectivity index is 1.80. The van der Waals surface area contributed by atoms with Gasteiger partial charge in [-0.05, 0) is 30.9 Å². The van der Waals surface area contributed by atoms with Crippen LogP contribution < -0.4 is 0 Å². The molecule has 1 fully saturated rings. The Bertz CT molecular complexity index is 367. The minimum Gasteiger partial charge on any atom is -0.446 e. The van der Waals surface area contributed by atoms with E-state index in [-0.39, 0.29) is 5.97 Å². The molecule has 0 radical (unpaired) electrons. The number of carbonyl (C=O) groups is 1. The van der Waals surface area contributed by atoms with E-state index in [1.54, 1.807) is 24.5 Å². The molecule has 4 heteroatoms. The molecular weight excluding hydrogens is 216 g/mol. The number of esters is 1. The lowest BCUT2D eigenvalue weighted by atomic mass is 10.0. The lowest BCUT2D eigenvalue weighted by molar-refractivity contribution is 0.0115. The van der Waals surface area contributed by atoms with Gasteiger partial charge in [-0.1, -0.05) is 6.92 Å². The molecular formula is C13H18N2O2. The van der Waals surface area contributed by atoms with Crippen LogP contribution in [0.3, 0.4) is 0 Å². The van der Waals surface area contributed by atoms with E-state index >= 15 is 0 Å². The zero-order valence-corrected chi connectivity index (χ0v) is 10.1. The van der Waals surface area contributed by atoms with Crippen LogP contribution in [-0.2, 0) is 4.74 Å². The van der Waals surface area contributed by atoms with Crippen molar-refractivity contribution >= 4 is 5.97 Å². The van der Waals surface area contributed by atoms with E-state index in [9.17, 15) is 4.79 Å². The van der Waals surface area contributed by atoms with Crippen molar-refractivity contribution in [1.82, 2.24) is 9.88 Å². The Morgan fingerprint density at radius 3 is 3.00 bits per heavy atom. The fourth-order valence-corrected chi connectivity index (χ4v) is 2.13. The predicted octanol–water partition coefficient (Wildman–Crippen LogP) is 1.93. The molecule has 1 atom stereocenters. The monoisotopic (exact) mass is 234 g/mol. The standard InChI is InChI=1S/C13H18N2O2/c1-11-3-2-8-15(9-11)10-17-13(16)12-4-6-14-7-5-12/h4-7,11H,2-3,8-10H2,1H3. The average molecular weight is 234 g/mol. The summed E-state index contributed by atoms with van der Waals surface area (Å²) in [5, 5.41) is 0. The van der Waals surface area contributed by atoms with Crippen molar-refractivity contribution < 1.29 is 9.53 Å². The molecule has 17 heavy (non-hydrogen) atoms. The van der Waals surface area contributed by atoms with Crippen molar-refractivity contribution in [2.24, 2.45) is 5.92 Å². The summed E-state index contributed by atoms with van der Waals surface area (Å²) in [5.74, 6) is 0.425. The number of pyridine rings is 1. The molecule has 0 aromatic carbocycles. The van der Waals surface area contributed by atoms with E-state index < -0.39 is 0 Å². The minimum atomic E-state index is -0.273. The summed E-state index contributed by atoms with van der Waals surface area (Å²) in [7, 11) is 0. The van der Waals surface area contributed by atoms with Crippen molar-refractivity contribution in [1.29, 1.82) is 0 Å². The molecule has 0 bridgehead atoms. The first-order chi connectivity index (χ1) is 8.25. The molecule has 0 saturated carbocycles. The van der Waals surface area contributed by atoms with E-state index in [1.807, 2.05) is 0 Å². The summed E-state index contributed by atoms with van der Waals surface area (Å²) in [6.45, 7) is 4.67. The number of hydrogen-bond acceptors (Lipinski definition) is 4. The van der Waals surface area contributed by atoms with Gasteiger partial charge in [-0.15, -0.1) is 0 Å². The molecule has 1 aliphatic heterocycles. The van der Waals surface area contributed by atoms with Gasteiger partial charge in [-0.2, -0.15) is 0 Å². The predicted molar refractivity (Wildman–Crippen MR) is 64.5 cm³/mol. The summed E-state index contributed by atoms with van der Waals surface area (Å²) in [5.41, 5.74) is 0.560. The molecule has 0 spiro atoms. The van der Waals surface area contributed by atoms with Crippen LogP contribution in [0.2, 0.25) is 0 Å². The van der Waals surface area contributed by atoms with Crippen LogP contribution in [0.25, 0.3) is 0 Å². The fraction of sp³-hybridized carbons (Fsp3) is 0.538. The van der Waals surface area contributed by atoms with Gasteiger partial charge in [0.1, 0.15) is 6.73 Å². The number of ether oxygens (including phenoxy) is 1. The Morgan fingerprint density at radius 2 is 2.29 bits per heavy atom. The van der Waals surface area contributed by atoms with Crippen molar-refractivity contribution in [3.8, 4) is 0 Å². The third kappa shape index (κ3) is 3.53. The first-order valence-corrected chi connectivity index (χ1v) is 6.05. The highest BCUT2D eigenvalue weighted by atomic mass is 16.5. The minimum absolute atomic E-state index is 0.273. The Labute approximate surface area is 102 Å². The van der Waals surface area contributed by atoms with Crippen molar-refractivity contribution in [3.63, 3.8) is 0 Å². The van der Waals surface area contributed by atoms with Crippen LogP contribution in [0.5, 0.6) is 0 Å². The van der Waals surface area contributed by atoms with Gasteiger partial charge < -0.3 is 4.74 Å². The first-order valence-electron chi connectivity index (χ1n) is 6.05. The average Bonchev–Trinajstić information content (AvgIpc) is 2.37. The topological polar surface area (TPSA) is 42.4 Å². The van der Waals surface area contributed by atoms with Gasteiger partial charge in [-0.3, -0.25) is 9.88 Å². The largest absolute Gasteiger partial charge is 0.446 e. The molecule has 2 rings (SSSR count). The van der Waals surface area contributed by atoms with Crippen molar-refractivity contribution in [2.45, 2.75) is 19.8 Å². The molecule has 0 amide bonds. The third-order valence-electron chi connectivity index (χ3n) is 3.04. The summed E-state index contributed by atoms with van der Waals surface area (Å²) < 4.78 is 5.28. The number of piperidine rings is 1. The van der Waals surface area contributed by atoms with Gasteiger partial charge in [-0.25, -0.2) is 4.79 Å². The third-order valence-corrected chi connectivity index (χ3v) is 3.04. The summed E-state index contributed by atoms with van der Waals surface area (Å²) in [4.78, 5) is 17.7. The molecule has 0 N–H and O–H groups in total. The van der Waals surface area contributed by atoms with Crippen LogP contribution >= 0.6 is 0 Å². The number of rotatable bonds is 3. The van der Waals surface area contributed by atoms with Crippen LogP contribution in [0, 0.1) is 5.92 Å². The number of nitrogens with zero attached hydrogens (tertiary/aromatic N) is 2. The van der Waals surface area contributed by atoms with E-state index in [4.69, 9.17) is 4.74 Å². The SMILES string of the molecule is CC1CCCN(COC(=O)c2ccncc2)C1. The second-order valence-electron chi connectivity index (χ2n) is 4.62. The van der Waals surface area contributed by atoms with Crippen LogP contribution in [0.4, 0.5) is 0 Å². The molecule has 2 heterocycles. The molecule has 92 valence electrons. The second-order valence-corrected chi connectivity index (χ2v) is 4.62.